The van der Waals surface area contributed by atoms with E-state index in [-0.39, 0.29) is 11.6 Å². The van der Waals surface area contributed by atoms with Crippen molar-refractivity contribution < 1.29 is 0 Å². The first-order valence-corrected chi connectivity index (χ1v) is 9.35. The maximum Gasteiger partial charge on any atom is 0.262 e. The molecule has 0 spiro atoms. The van der Waals surface area contributed by atoms with Gasteiger partial charge in [0, 0.05) is 43.3 Å². The zero-order chi connectivity index (χ0) is 18.6. The predicted octanol–water partition coefficient (Wildman–Crippen LogP) is 2.89. The maximum absolute atomic E-state index is 13.3. The highest BCUT2D eigenvalue weighted by Gasteiger charge is 2.43. The van der Waals surface area contributed by atoms with Gasteiger partial charge in [-0.15, -0.1) is 0 Å². The Bertz CT molecular complexity index is 899. The van der Waals surface area contributed by atoms with Gasteiger partial charge in [-0.05, 0) is 50.5 Å². The van der Waals surface area contributed by atoms with E-state index in [1.165, 1.54) is 25.7 Å². The van der Waals surface area contributed by atoms with Crippen LogP contribution in [0, 0.1) is 18.8 Å². The Morgan fingerprint density at radius 1 is 1.35 bits per heavy atom. The highest BCUT2D eigenvalue weighted by Crippen LogP contribution is 2.52. The fourth-order valence-electron chi connectivity index (χ4n) is 4.01. The van der Waals surface area contributed by atoms with Gasteiger partial charge in [0.2, 0.25) is 0 Å². The van der Waals surface area contributed by atoms with Gasteiger partial charge in [0.05, 0.1) is 16.9 Å². The fraction of sp³-hybridized carbons (Fsp3) is 0.500. The van der Waals surface area contributed by atoms with Crippen molar-refractivity contribution in [2.45, 2.75) is 38.6 Å². The van der Waals surface area contributed by atoms with Crippen molar-refractivity contribution in [2.24, 2.45) is 24.6 Å². The van der Waals surface area contributed by atoms with Crippen molar-refractivity contribution >= 4 is 11.4 Å². The van der Waals surface area contributed by atoms with Crippen LogP contribution in [0.1, 0.15) is 43.0 Å². The minimum atomic E-state index is -0.0398. The number of pyridine rings is 1. The van der Waals surface area contributed by atoms with Crippen molar-refractivity contribution in [3.63, 3.8) is 0 Å². The van der Waals surface area contributed by atoms with Crippen LogP contribution in [0.3, 0.4) is 0 Å². The molecule has 26 heavy (non-hydrogen) atoms. The molecule has 2 heterocycles. The molecule has 2 saturated carbocycles. The molecule has 0 aromatic carbocycles. The van der Waals surface area contributed by atoms with E-state index in [4.69, 9.17) is 5.73 Å². The van der Waals surface area contributed by atoms with Gasteiger partial charge >= 0.3 is 0 Å². The minimum absolute atomic E-state index is 0.0398. The third-order valence-corrected chi connectivity index (χ3v) is 5.73. The molecule has 2 fully saturated rings. The summed E-state index contributed by atoms with van der Waals surface area (Å²) in [6, 6.07) is 2.31. The minimum Gasteiger partial charge on any atom is -0.398 e. The number of aryl methyl sites for hydroxylation is 2. The van der Waals surface area contributed by atoms with Crippen molar-refractivity contribution in [3.8, 4) is 11.3 Å². The fourth-order valence-corrected chi connectivity index (χ4v) is 4.01. The zero-order valence-corrected chi connectivity index (χ0v) is 15.7. The van der Waals surface area contributed by atoms with Crippen LogP contribution in [0.15, 0.2) is 23.6 Å². The first-order chi connectivity index (χ1) is 12.4. The van der Waals surface area contributed by atoms with Crippen LogP contribution in [0.2, 0.25) is 0 Å². The first-order valence-electron chi connectivity index (χ1n) is 9.35. The number of nitrogens with one attached hydrogen (secondary N) is 1. The smallest absolute Gasteiger partial charge is 0.262 e. The third-order valence-electron chi connectivity index (χ3n) is 5.73. The van der Waals surface area contributed by atoms with E-state index in [2.05, 4.69) is 17.0 Å². The summed E-state index contributed by atoms with van der Waals surface area (Å²) < 4.78 is 3.78. The van der Waals surface area contributed by atoms with E-state index in [1.807, 2.05) is 42.5 Å². The average molecular weight is 353 g/mol. The lowest BCUT2D eigenvalue weighted by Crippen LogP contribution is -2.31. The molecule has 2 aromatic rings. The molecule has 138 valence electrons. The Labute approximate surface area is 153 Å². The monoisotopic (exact) mass is 353 g/mol. The highest BCUT2D eigenvalue weighted by atomic mass is 16.1. The molecule has 0 atom stereocenters. The lowest BCUT2D eigenvalue weighted by molar-refractivity contribution is 0.384. The number of hydrogen-bond acceptors (Lipinski definition) is 4. The molecule has 2 aliphatic rings. The van der Waals surface area contributed by atoms with Crippen molar-refractivity contribution in [2.75, 3.05) is 12.4 Å². The standard InChI is InChI=1S/C20H27N5O/c1-11-9-16(23-24(11)4)15-10-25(19(13-5-6-13)14-7-8-14)20(26)17(12(2)21)18(15)22-3/h9-10,13-14,19,22H,2,5-8,21H2,1,3-4H3. The molecule has 3 N–H and O–H groups in total. The number of nitrogens with zero attached hydrogens (tertiary/aromatic N) is 3. The summed E-state index contributed by atoms with van der Waals surface area (Å²) in [7, 11) is 3.73. The SMILES string of the molecule is C=C(N)c1c(NC)c(-c2cc(C)n(C)n2)cn(C(C2CC2)C2CC2)c1=O. The van der Waals surface area contributed by atoms with Gasteiger partial charge in [-0.3, -0.25) is 9.48 Å². The summed E-state index contributed by atoms with van der Waals surface area (Å²) >= 11 is 0. The van der Waals surface area contributed by atoms with Crippen LogP contribution in [-0.2, 0) is 7.05 Å². The second kappa shape index (κ2) is 6.04. The molecule has 0 unspecified atom stereocenters. The molecule has 0 radical (unpaired) electrons. The van der Waals surface area contributed by atoms with E-state index in [0.29, 0.717) is 28.8 Å². The quantitative estimate of drug-likeness (QED) is 0.837. The topological polar surface area (TPSA) is 77.9 Å². The molecule has 4 rings (SSSR count). The summed E-state index contributed by atoms with van der Waals surface area (Å²) in [5.74, 6) is 1.22. The number of hydrogen-bond donors (Lipinski definition) is 2. The van der Waals surface area contributed by atoms with E-state index >= 15 is 0 Å². The molecule has 2 aliphatic carbocycles. The molecule has 0 saturated heterocycles. The lowest BCUT2D eigenvalue weighted by Gasteiger charge is -2.23. The van der Waals surface area contributed by atoms with Crippen LogP contribution in [0.25, 0.3) is 17.0 Å². The van der Waals surface area contributed by atoms with Gasteiger partial charge in [-0.25, -0.2) is 0 Å². The largest absolute Gasteiger partial charge is 0.398 e. The Balaban J connectivity index is 1.97. The van der Waals surface area contributed by atoms with E-state index < -0.39 is 0 Å². The Morgan fingerprint density at radius 2 is 1.96 bits per heavy atom. The van der Waals surface area contributed by atoms with Crippen LogP contribution in [0.4, 0.5) is 5.69 Å². The van der Waals surface area contributed by atoms with E-state index in [9.17, 15) is 4.79 Å². The first kappa shape index (κ1) is 16.9. The summed E-state index contributed by atoms with van der Waals surface area (Å²) in [4.78, 5) is 13.3. The molecule has 0 aliphatic heterocycles. The Hall–Kier alpha value is -2.50. The van der Waals surface area contributed by atoms with Crippen molar-refractivity contribution in [3.05, 3.63) is 40.5 Å². The van der Waals surface area contributed by atoms with Crippen molar-refractivity contribution in [1.82, 2.24) is 14.3 Å². The molecule has 2 aromatic heterocycles. The lowest BCUT2D eigenvalue weighted by atomic mass is 10.0. The van der Waals surface area contributed by atoms with Crippen molar-refractivity contribution in [1.29, 1.82) is 0 Å². The second-order valence-corrected chi connectivity index (χ2v) is 7.74. The van der Waals surface area contributed by atoms with Crippen LogP contribution in [-0.4, -0.2) is 21.4 Å². The van der Waals surface area contributed by atoms with Gasteiger partial charge in [0.1, 0.15) is 0 Å². The van der Waals surface area contributed by atoms with Crippen LogP contribution < -0.4 is 16.6 Å². The number of rotatable bonds is 6. The number of anilines is 1. The maximum atomic E-state index is 13.3. The predicted molar refractivity (Wildman–Crippen MR) is 105 cm³/mol. The van der Waals surface area contributed by atoms with E-state index in [1.54, 1.807) is 0 Å². The van der Waals surface area contributed by atoms with Crippen LogP contribution >= 0.6 is 0 Å². The van der Waals surface area contributed by atoms with Gasteiger partial charge in [0.15, 0.2) is 0 Å². The molecular weight excluding hydrogens is 326 g/mol. The highest BCUT2D eigenvalue weighted by molar-refractivity contribution is 5.85. The van der Waals surface area contributed by atoms with E-state index in [0.717, 1.165) is 17.0 Å². The molecule has 6 heteroatoms. The molecule has 6 nitrogen and oxygen atoms in total. The summed E-state index contributed by atoms with van der Waals surface area (Å²) in [6.07, 6.45) is 6.82. The molecular formula is C20H27N5O. The normalized spacial score (nSPS) is 16.9. The number of aromatic nitrogens is 3. The Morgan fingerprint density at radius 3 is 2.38 bits per heavy atom. The van der Waals surface area contributed by atoms with Gasteiger partial charge < -0.3 is 15.6 Å². The van der Waals surface area contributed by atoms with Gasteiger partial charge in [-0.1, -0.05) is 6.58 Å². The number of nitrogens with two attached hydrogens (primary N) is 1. The molecule has 0 amide bonds. The average Bonchev–Trinajstić information content (AvgIpc) is 3.50. The van der Waals surface area contributed by atoms with Gasteiger partial charge in [0.25, 0.3) is 5.56 Å². The van der Waals surface area contributed by atoms with Gasteiger partial charge in [-0.2, -0.15) is 5.10 Å². The Kier molecular flexibility index (Phi) is 3.93. The zero-order valence-electron chi connectivity index (χ0n) is 15.7. The summed E-state index contributed by atoms with van der Waals surface area (Å²) in [5.41, 5.74) is 10.3. The second-order valence-electron chi connectivity index (χ2n) is 7.74. The third kappa shape index (κ3) is 2.73. The van der Waals surface area contributed by atoms with Crippen LogP contribution in [0.5, 0.6) is 0 Å². The summed E-state index contributed by atoms with van der Waals surface area (Å²) in [5, 5.41) is 7.80. The summed E-state index contributed by atoms with van der Waals surface area (Å²) in [6.45, 7) is 5.89. The molecule has 0 bridgehead atoms.